The number of hydrogen-bond acceptors (Lipinski definition) is 4. The summed E-state index contributed by atoms with van der Waals surface area (Å²) in [7, 11) is 1.66. The van der Waals surface area contributed by atoms with E-state index in [-0.39, 0.29) is 5.91 Å². The first-order valence-corrected chi connectivity index (χ1v) is 8.40. The monoisotopic (exact) mass is 320 g/mol. The number of rotatable bonds is 8. The summed E-state index contributed by atoms with van der Waals surface area (Å²) in [6.45, 7) is 5.54. The minimum absolute atomic E-state index is 0.0900. The molecule has 23 heavy (non-hydrogen) atoms. The van der Waals surface area contributed by atoms with Crippen LogP contribution in [0.3, 0.4) is 0 Å². The number of benzene rings is 1. The van der Waals surface area contributed by atoms with Gasteiger partial charge in [-0.25, -0.2) is 0 Å². The molecule has 1 fully saturated rings. The lowest BCUT2D eigenvalue weighted by molar-refractivity contribution is -0.136. The maximum atomic E-state index is 12.6. The van der Waals surface area contributed by atoms with Crippen molar-refractivity contribution in [2.45, 2.75) is 32.7 Å². The second-order valence-electron chi connectivity index (χ2n) is 6.14. The highest BCUT2D eigenvalue weighted by Gasteiger charge is 2.39. The average Bonchev–Trinajstić information content (AvgIpc) is 2.60. The fourth-order valence-electron chi connectivity index (χ4n) is 2.91. The molecule has 0 bridgehead atoms. The Kier molecular flexibility index (Phi) is 6.86. The molecule has 1 aliphatic rings. The van der Waals surface area contributed by atoms with E-state index in [1.807, 2.05) is 24.3 Å². The molecular weight excluding hydrogens is 292 g/mol. The molecule has 0 aliphatic carbocycles. The van der Waals surface area contributed by atoms with Crippen LogP contribution in [0, 0.1) is 5.41 Å². The van der Waals surface area contributed by atoms with Crippen LogP contribution in [0.4, 0.5) is 0 Å². The molecule has 1 amide bonds. The van der Waals surface area contributed by atoms with Crippen molar-refractivity contribution in [2.24, 2.45) is 5.41 Å². The summed E-state index contributed by atoms with van der Waals surface area (Å²) < 4.78 is 10.9. The van der Waals surface area contributed by atoms with Crippen LogP contribution in [0.25, 0.3) is 0 Å². The smallest absolute Gasteiger partial charge is 0.228 e. The highest BCUT2D eigenvalue weighted by Crippen LogP contribution is 2.29. The molecule has 1 saturated heterocycles. The number of carbonyl (C=O) groups excluding carboxylic acids is 1. The van der Waals surface area contributed by atoms with Crippen LogP contribution in [0.1, 0.15) is 31.7 Å². The van der Waals surface area contributed by atoms with Gasteiger partial charge < -0.3 is 20.1 Å². The van der Waals surface area contributed by atoms with Gasteiger partial charge in [0.1, 0.15) is 5.75 Å². The van der Waals surface area contributed by atoms with E-state index < -0.39 is 5.41 Å². The highest BCUT2D eigenvalue weighted by molar-refractivity contribution is 5.83. The molecule has 0 aromatic heterocycles. The van der Waals surface area contributed by atoms with E-state index in [9.17, 15) is 4.79 Å². The van der Waals surface area contributed by atoms with E-state index in [1.165, 1.54) is 0 Å². The molecule has 0 unspecified atom stereocenters. The Morgan fingerprint density at radius 2 is 1.96 bits per heavy atom. The summed E-state index contributed by atoms with van der Waals surface area (Å²) in [5, 5.41) is 6.37. The Labute approximate surface area is 138 Å². The van der Waals surface area contributed by atoms with E-state index in [0.29, 0.717) is 13.2 Å². The Bertz CT molecular complexity index is 476. The van der Waals surface area contributed by atoms with Crippen molar-refractivity contribution in [1.82, 2.24) is 10.6 Å². The fraction of sp³-hybridized carbons (Fsp3) is 0.611. The number of methoxy groups -OCH3 is 1. The van der Waals surface area contributed by atoms with Gasteiger partial charge in [-0.3, -0.25) is 4.79 Å². The molecule has 5 nitrogen and oxygen atoms in total. The van der Waals surface area contributed by atoms with Crippen LogP contribution in [-0.4, -0.2) is 39.3 Å². The van der Waals surface area contributed by atoms with E-state index in [0.717, 1.165) is 50.3 Å². The number of piperidine rings is 1. The summed E-state index contributed by atoms with van der Waals surface area (Å²) in [5.74, 6) is 0.961. The van der Waals surface area contributed by atoms with Gasteiger partial charge in [0.05, 0.1) is 18.6 Å². The van der Waals surface area contributed by atoms with Crippen molar-refractivity contribution in [2.75, 3.05) is 33.4 Å². The normalized spacial score (nSPS) is 16.8. The van der Waals surface area contributed by atoms with Crippen LogP contribution < -0.4 is 15.4 Å². The van der Waals surface area contributed by atoms with Crippen LogP contribution in [0.5, 0.6) is 5.75 Å². The lowest BCUT2D eigenvalue weighted by Crippen LogP contribution is -2.49. The molecule has 0 saturated carbocycles. The molecule has 0 atom stereocenters. The molecular formula is C18H28N2O3. The number of ether oxygens (including phenoxy) is 2. The molecule has 1 heterocycles. The van der Waals surface area contributed by atoms with Gasteiger partial charge >= 0.3 is 0 Å². The summed E-state index contributed by atoms with van der Waals surface area (Å²) in [6.07, 6.45) is 2.63. The third-order valence-electron chi connectivity index (χ3n) is 4.31. The number of hydrogen-bond donors (Lipinski definition) is 2. The van der Waals surface area contributed by atoms with Gasteiger partial charge in [0.2, 0.25) is 5.91 Å². The predicted octanol–water partition coefficient (Wildman–Crippen LogP) is 2.11. The molecule has 0 radical (unpaired) electrons. The van der Waals surface area contributed by atoms with Gasteiger partial charge in [0, 0.05) is 13.7 Å². The molecule has 2 rings (SSSR count). The van der Waals surface area contributed by atoms with Crippen molar-refractivity contribution >= 4 is 5.91 Å². The zero-order valence-electron chi connectivity index (χ0n) is 14.2. The lowest BCUT2D eigenvalue weighted by atomic mass is 9.78. The fourth-order valence-corrected chi connectivity index (χ4v) is 2.91. The third-order valence-corrected chi connectivity index (χ3v) is 4.31. The standard InChI is InChI=1S/C18H28N2O3/c1-3-12-23-16-6-4-15(5-7-16)13-20-17(21)18(14-22-2)8-10-19-11-9-18/h4-7,19H,3,8-14H2,1-2H3,(H,20,21). The van der Waals surface area contributed by atoms with Crippen LogP contribution in [0.2, 0.25) is 0 Å². The summed E-state index contributed by atoms with van der Waals surface area (Å²) in [6, 6.07) is 7.90. The predicted molar refractivity (Wildman–Crippen MR) is 90.5 cm³/mol. The number of amides is 1. The molecule has 2 N–H and O–H groups in total. The molecule has 1 aromatic rings. The Morgan fingerprint density at radius 3 is 2.57 bits per heavy atom. The molecule has 1 aromatic carbocycles. The highest BCUT2D eigenvalue weighted by atomic mass is 16.5. The zero-order valence-corrected chi connectivity index (χ0v) is 14.2. The van der Waals surface area contributed by atoms with Gasteiger partial charge in [-0.2, -0.15) is 0 Å². The van der Waals surface area contributed by atoms with Gasteiger partial charge in [-0.1, -0.05) is 19.1 Å². The van der Waals surface area contributed by atoms with E-state index in [4.69, 9.17) is 9.47 Å². The van der Waals surface area contributed by atoms with Crippen LogP contribution in [0.15, 0.2) is 24.3 Å². The quantitative estimate of drug-likeness (QED) is 0.770. The first-order chi connectivity index (χ1) is 11.2. The Balaban J connectivity index is 1.89. The molecule has 5 heteroatoms. The molecule has 128 valence electrons. The SMILES string of the molecule is CCCOc1ccc(CNC(=O)C2(COC)CCNCC2)cc1. The Hall–Kier alpha value is -1.59. The van der Waals surface area contributed by atoms with Crippen molar-refractivity contribution in [3.8, 4) is 5.75 Å². The second kappa shape index (κ2) is 8.89. The van der Waals surface area contributed by atoms with Gasteiger partial charge in [-0.05, 0) is 50.0 Å². The minimum Gasteiger partial charge on any atom is -0.494 e. The van der Waals surface area contributed by atoms with E-state index >= 15 is 0 Å². The average molecular weight is 320 g/mol. The first-order valence-electron chi connectivity index (χ1n) is 8.40. The van der Waals surface area contributed by atoms with E-state index in [1.54, 1.807) is 7.11 Å². The summed E-state index contributed by atoms with van der Waals surface area (Å²) >= 11 is 0. The first kappa shape index (κ1) is 17.8. The molecule has 1 aliphatic heterocycles. The van der Waals surface area contributed by atoms with Crippen molar-refractivity contribution in [3.63, 3.8) is 0 Å². The topological polar surface area (TPSA) is 59.6 Å². The largest absolute Gasteiger partial charge is 0.494 e. The van der Waals surface area contributed by atoms with Crippen LogP contribution in [-0.2, 0) is 16.1 Å². The lowest BCUT2D eigenvalue weighted by Gasteiger charge is -2.35. The van der Waals surface area contributed by atoms with Crippen molar-refractivity contribution in [3.05, 3.63) is 29.8 Å². The van der Waals surface area contributed by atoms with Gasteiger partial charge in [-0.15, -0.1) is 0 Å². The van der Waals surface area contributed by atoms with Crippen molar-refractivity contribution in [1.29, 1.82) is 0 Å². The summed E-state index contributed by atoms with van der Waals surface area (Å²) in [5.41, 5.74) is 0.674. The van der Waals surface area contributed by atoms with Gasteiger partial charge in [0.15, 0.2) is 0 Å². The van der Waals surface area contributed by atoms with Crippen LogP contribution >= 0.6 is 0 Å². The molecule has 0 spiro atoms. The summed E-state index contributed by atoms with van der Waals surface area (Å²) in [4.78, 5) is 12.6. The van der Waals surface area contributed by atoms with Gasteiger partial charge in [0.25, 0.3) is 0 Å². The second-order valence-corrected chi connectivity index (χ2v) is 6.14. The number of carbonyl (C=O) groups is 1. The Morgan fingerprint density at radius 1 is 1.26 bits per heavy atom. The third kappa shape index (κ3) is 4.94. The van der Waals surface area contributed by atoms with E-state index in [2.05, 4.69) is 17.6 Å². The van der Waals surface area contributed by atoms with Crippen molar-refractivity contribution < 1.29 is 14.3 Å². The maximum Gasteiger partial charge on any atom is 0.228 e. The number of nitrogens with one attached hydrogen (secondary N) is 2. The zero-order chi connectivity index (χ0) is 16.5. The maximum absolute atomic E-state index is 12.6. The minimum atomic E-state index is -0.399.